The largest absolute Gasteiger partial charge is 0.453 e. The van der Waals surface area contributed by atoms with Gasteiger partial charge in [-0.25, -0.2) is 4.98 Å². The molecule has 0 aliphatic heterocycles. The number of hydrogen-bond acceptors (Lipinski definition) is 4. The molecule has 3 aromatic rings. The van der Waals surface area contributed by atoms with Gasteiger partial charge in [-0.2, -0.15) is 22.7 Å². The number of alkyl halides is 3. The number of hydrogen-bond donors (Lipinski definition) is 0. The third-order valence-electron chi connectivity index (χ3n) is 3.43. The first kappa shape index (κ1) is 16.2. The smallest absolute Gasteiger partial charge is 0.439 e. The molecule has 5 nitrogen and oxygen atoms in total. The van der Waals surface area contributed by atoms with Crippen molar-refractivity contribution in [3.63, 3.8) is 0 Å². The number of nitrogens with zero attached hydrogens (tertiary/aromatic N) is 4. The molecular formula is C16H15F3N4O. The minimum atomic E-state index is -4.64. The van der Waals surface area contributed by atoms with E-state index in [2.05, 4.69) is 28.9 Å². The number of halogens is 3. The lowest BCUT2D eigenvalue weighted by Crippen LogP contribution is -2.07. The maximum Gasteiger partial charge on any atom is 0.453 e. The topological polar surface area (TPSA) is 52.3 Å². The van der Waals surface area contributed by atoms with E-state index in [1.165, 1.54) is 6.07 Å². The normalized spacial score (nSPS) is 12.1. The van der Waals surface area contributed by atoms with Crippen molar-refractivity contribution in [3.8, 4) is 11.6 Å². The third-order valence-corrected chi connectivity index (χ3v) is 3.43. The Morgan fingerprint density at radius 1 is 1.08 bits per heavy atom. The molecule has 0 bridgehead atoms. The summed E-state index contributed by atoms with van der Waals surface area (Å²) in [5.41, 5.74) is 1.62. The summed E-state index contributed by atoms with van der Waals surface area (Å²) in [7, 11) is 0. The van der Waals surface area contributed by atoms with Crippen LogP contribution in [0.15, 0.2) is 30.3 Å². The Hall–Kier alpha value is -2.64. The van der Waals surface area contributed by atoms with Crippen LogP contribution in [0.4, 0.5) is 13.2 Å². The number of fused-ring (bicyclic) bond motifs is 1. The van der Waals surface area contributed by atoms with Crippen molar-refractivity contribution < 1.29 is 17.9 Å². The lowest BCUT2D eigenvalue weighted by atomic mass is 10.0. The maximum atomic E-state index is 12.8. The predicted molar refractivity (Wildman–Crippen MR) is 81.1 cm³/mol. The van der Waals surface area contributed by atoms with Gasteiger partial charge < -0.3 is 4.74 Å². The summed E-state index contributed by atoms with van der Waals surface area (Å²) in [5, 5.41) is 3.46. The van der Waals surface area contributed by atoms with E-state index in [4.69, 9.17) is 4.74 Å². The summed E-state index contributed by atoms with van der Waals surface area (Å²) in [6, 6.07) is 8.86. The lowest BCUT2D eigenvalue weighted by molar-refractivity contribution is -0.144. The fourth-order valence-corrected chi connectivity index (χ4v) is 2.19. The van der Waals surface area contributed by atoms with Crippen LogP contribution in [0, 0.1) is 6.92 Å². The van der Waals surface area contributed by atoms with Crippen LogP contribution in [0.3, 0.4) is 0 Å². The third kappa shape index (κ3) is 3.17. The van der Waals surface area contributed by atoms with Gasteiger partial charge in [-0.15, -0.1) is 5.10 Å². The average molecular weight is 336 g/mol. The van der Waals surface area contributed by atoms with Gasteiger partial charge in [-0.1, -0.05) is 26.0 Å². The van der Waals surface area contributed by atoms with Gasteiger partial charge in [0.1, 0.15) is 5.75 Å². The van der Waals surface area contributed by atoms with Gasteiger partial charge in [-0.3, -0.25) is 0 Å². The summed E-state index contributed by atoms with van der Waals surface area (Å²) >= 11 is 0. The molecule has 0 N–H and O–H groups in total. The minimum Gasteiger partial charge on any atom is -0.439 e. The highest BCUT2D eigenvalue weighted by molar-refractivity contribution is 5.38. The van der Waals surface area contributed by atoms with Crippen LogP contribution in [-0.4, -0.2) is 19.6 Å². The Morgan fingerprint density at radius 2 is 1.75 bits per heavy atom. The van der Waals surface area contributed by atoms with E-state index >= 15 is 0 Å². The van der Waals surface area contributed by atoms with Crippen molar-refractivity contribution in [1.82, 2.24) is 19.6 Å². The van der Waals surface area contributed by atoms with Crippen LogP contribution in [0.25, 0.3) is 5.78 Å². The molecule has 0 atom stereocenters. The zero-order chi connectivity index (χ0) is 17.5. The Labute approximate surface area is 136 Å². The molecule has 1 aromatic carbocycles. The van der Waals surface area contributed by atoms with Gasteiger partial charge >= 0.3 is 6.18 Å². The highest BCUT2D eigenvalue weighted by Crippen LogP contribution is 2.29. The number of benzene rings is 1. The first-order valence-electron chi connectivity index (χ1n) is 7.33. The van der Waals surface area contributed by atoms with Gasteiger partial charge in [0.15, 0.2) is 0 Å². The van der Waals surface area contributed by atoms with Crippen LogP contribution >= 0.6 is 0 Å². The molecule has 2 aromatic heterocycles. The van der Waals surface area contributed by atoms with Crippen LogP contribution in [0.1, 0.15) is 36.8 Å². The van der Waals surface area contributed by atoms with Crippen molar-refractivity contribution in [2.24, 2.45) is 0 Å². The highest BCUT2D eigenvalue weighted by atomic mass is 19.4. The Morgan fingerprint density at radius 3 is 2.33 bits per heavy atom. The molecule has 2 heterocycles. The molecule has 0 fully saturated rings. The van der Waals surface area contributed by atoms with Gasteiger partial charge in [0, 0.05) is 11.8 Å². The quantitative estimate of drug-likeness (QED) is 0.713. The standard InChI is InChI=1S/C16H15F3N4O/c1-9(2)11-4-6-12(7-5-11)24-13-8-10(3)20-15-21-14(16(17,18)19)22-23(13)15/h4-9H,1-3H3. The Bertz CT molecular complexity index is 869. The zero-order valence-corrected chi connectivity index (χ0v) is 13.3. The van der Waals surface area contributed by atoms with E-state index in [0.29, 0.717) is 17.4 Å². The predicted octanol–water partition coefficient (Wildman–Crippen LogP) is 4.37. The van der Waals surface area contributed by atoms with E-state index in [1.54, 1.807) is 19.1 Å². The first-order valence-corrected chi connectivity index (χ1v) is 7.33. The van der Waals surface area contributed by atoms with Gasteiger partial charge in [-0.05, 0) is 30.5 Å². The van der Waals surface area contributed by atoms with Crippen molar-refractivity contribution >= 4 is 5.78 Å². The van der Waals surface area contributed by atoms with Gasteiger partial charge in [0.25, 0.3) is 11.6 Å². The lowest BCUT2D eigenvalue weighted by Gasteiger charge is -2.09. The van der Waals surface area contributed by atoms with Crippen LogP contribution in [-0.2, 0) is 6.18 Å². The molecule has 24 heavy (non-hydrogen) atoms. The molecule has 0 unspecified atom stereocenters. The molecule has 126 valence electrons. The molecule has 0 saturated carbocycles. The van der Waals surface area contributed by atoms with E-state index < -0.39 is 12.0 Å². The second kappa shape index (κ2) is 5.77. The second-order valence-electron chi connectivity index (χ2n) is 5.71. The highest BCUT2D eigenvalue weighted by Gasteiger charge is 2.37. The molecule has 0 spiro atoms. The Kier molecular flexibility index (Phi) is 3.90. The number of ether oxygens (including phenoxy) is 1. The maximum absolute atomic E-state index is 12.8. The van der Waals surface area contributed by atoms with E-state index in [0.717, 1.165) is 10.1 Å². The first-order chi connectivity index (χ1) is 11.2. The van der Waals surface area contributed by atoms with Crippen molar-refractivity contribution in [1.29, 1.82) is 0 Å². The molecule has 0 aliphatic rings. The number of aromatic nitrogens is 4. The molecule has 0 radical (unpaired) electrons. The molecule has 3 rings (SSSR count). The SMILES string of the molecule is Cc1cc(Oc2ccc(C(C)C)cc2)n2nc(C(F)(F)F)nc2n1. The molecule has 0 amide bonds. The summed E-state index contributed by atoms with van der Waals surface area (Å²) in [5.74, 6) is -0.413. The molecule has 8 heteroatoms. The number of aryl methyl sites for hydroxylation is 1. The van der Waals surface area contributed by atoms with Crippen LogP contribution < -0.4 is 4.74 Å². The fourth-order valence-electron chi connectivity index (χ4n) is 2.19. The van der Waals surface area contributed by atoms with Gasteiger partial charge in [0.05, 0.1) is 0 Å². The minimum absolute atomic E-state index is 0.123. The molecule has 0 aliphatic carbocycles. The monoisotopic (exact) mass is 336 g/mol. The Balaban J connectivity index is 2.00. The molecular weight excluding hydrogens is 321 g/mol. The van der Waals surface area contributed by atoms with E-state index in [1.807, 2.05) is 12.1 Å². The van der Waals surface area contributed by atoms with Crippen molar-refractivity contribution in [3.05, 3.63) is 47.4 Å². The van der Waals surface area contributed by atoms with Crippen molar-refractivity contribution in [2.45, 2.75) is 32.9 Å². The molecule has 0 saturated heterocycles. The second-order valence-corrected chi connectivity index (χ2v) is 5.71. The van der Waals surface area contributed by atoms with Crippen molar-refractivity contribution in [2.75, 3.05) is 0 Å². The van der Waals surface area contributed by atoms with E-state index in [-0.39, 0.29) is 11.7 Å². The summed E-state index contributed by atoms with van der Waals surface area (Å²) in [6.45, 7) is 5.79. The summed E-state index contributed by atoms with van der Waals surface area (Å²) in [4.78, 5) is 7.38. The van der Waals surface area contributed by atoms with Crippen LogP contribution in [0.5, 0.6) is 11.6 Å². The summed E-state index contributed by atoms with van der Waals surface area (Å²) in [6.07, 6.45) is -4.64. The number of rotatable bonds is 3. The van der Waals surface area contributed by atoms with Gasteiger partial charge in [0.2, 0.25) is 5.88 Å². The summed E-state index contributed by atoms with van der Waals surface area (Å²) < 4.78 is 45.0. The average Bonchev–Trinajstić information content (AvgIpc) is 2.92. The van der Waals surface area contributed by atoms with E-state index in [9.17, 15) is 13.2 Å². The fraction of sp³-hybridized carbons (Fsp3) is 0.312. The zero-order valence-electron chi connectivity index (χ0n) is 13.3. The van der Waals surface area contributed by atoms with Crippen LogP contribution in [0.2, 0.25) is 0 Å².